The van der Waals surface area contributed by atoms with Crippen LogP contribution in [0.5, 0.6) is 0 Å². The molecule has 2 aromatic rings. The van der Waals surface area contributed by atoms with Crippen molar-refractivity contribution in [3.63, 3.8) is 0 Å². The zero-order valence-electron chi connectivity index (χ0n) is 11.1. The molecular weight excluding hydrogens is 242 g/mol. The van der Waals surface area contributed by atoms with Gasteiger partial charge in [-0.15, -0.1) is 0 Å². The average molecular weight is 257 g/mol. The van der Waals surface area contributed by atoms with E-state index in [4.69, 9.17) is 0 Å². The van der Waals surface area contributed by atoms with Crippen LogP contribution in [-0.2, 0) is 7.05 Å². The van der Waals surface area contributed by atoms with Crippen LogP contribution < -0.4 is 0 Å². The molecule has 98 valence electrons. The molecule has 1 N–H and O–H groups in total. The van der Waals surface area contributed by atoms with E-state index in [0.29, 0.717) is 22.4 Å². The molecule has 4 nitrogen and oxygen atoms in total. The Morgan fingerprint density at radius 1 is 1.11 bits per heavy atom. The maximum atomic E-state index is 12.5. The van der Waals surface area contributed by atoms with Crippen molar-refractivity contribution in [3.8, 4) is 0 Å². The summed E-state index contributed by atoms with van der Waals surface area (Å²) in [7, 11) is 1.66. The number of carboxylic acid groups (broad SMARTS) is 1. The molecule has 19 heavy (non-hydrogen) atoms. The molecule has 0 unspecified atom stereocenters. The molecule has 0 amide bonds. The average Bonchev–Trinajstić information content (AvgIpc) is 2.60. The van der Waals surface area contributed by atoms with Gasteiger partial charge in [0.25, 0.3) is 0 Å². The number of nitrogens with zero attached hydrogens (tertiary/aromatic N) is 1. The highest BCUT2D eigenvalue weighted by atomic mass is 16.4. The molecule has 0 saturated heterocycles. The number of carbonyl (C=O) groups excluding carboxylic acids is 1. The Morgan fingerprint density at radius 3 is 2.16 bits per heavy atom. The topological polar surface area (TPSA) is 59.3 Å². The predicted molar refractivity (Wildman–Crippen MR) is 71.7 cm³/mol. The van der Waals surface area contributed by atoms with Crippen molar-refractivity contribution >= 4 is 11.8 Å². The minimum Gasteiger partial charge on any atom is -0.477 e. The summed E-state index contributed by atoms with van der Waals surface area (Å²) < 4.78 is 1.55. The van der Waals surface area contributed by atoms with E-state index in [-0.39, 0.29) is 11.5 Å². The molecule has 0 fully saturated rings. The van der Waals surface area contributed by atoms with E-state index in [0.717, 1.165) is 0 Å². The Morgan fingerprint density at radius 2 is 1.68 bits per heavy atom. The first kappa shape index (κ1) is 13.1. The molecule has 4 heteroatoms. The number of ketones is 1. The zero-order chi connectivity index (χ0) is 14.2. The van der Waals surface area contributed by atoms with E-state index in [9.17, 15) is 14.7 Å². The third-order valence-corrected chi connectivity index (χ3v) is 3.40. The van der Waals surface area contributed by atoms with Gasteiger partial charge in [-0.05, 0) is 19.4 Å². The first-order chi connectivity index (χ1) is 8.95. The van der Waals surface area contributed by atoms with Gasteiger partial charge in [0, 0.05) is 23.9 Å². The lowest BCUT2D eigenvalue weighted by atomic mass is 10.00. The number of hydrogen-bond acceptors (Lipinski definition) is 2. The lowest BCUT2D eigenvalue weighted by Gasteiger charge is -2.02. The lowest BCUT2D eigenvalue weighted by molar-refractivity contribution is 0.0685. The molecule has 0 aliphatic rings. The minimum absolute atomic E-state index is 0.140. The highest BCUT2D eigenvalue weighted by molar-refractivity contribution is 6.12. The molecule has 0 radical (unpaired) electrons. The second-order valence-corrected chi connectivity index (χ2v) is 4.49. The Kier molecular flexibility index (Phi) is 3.25. The van der Waals surface area contributed by atoms with Gasteiger partial charge in [-0.1, -0.05) is 30.3 Å². The summed E-state index contributed by atoms with van der Waals surface area (Å²) in [6.07, 6.45) is 0. The SMILES string of the molecule is Cc1c(C(=O)c2ccccc2)c(C)n(C)c1C(=O)O. The van der Waals surface area contributed by atoms with Gasteiger partial charge in [-0.3, -0.25) is 4.79 Å². The van der Waals surface area contributed by atoms with Crippen molar-refractivity contribution < 1.29 is 14.7 Å². The molecule has 0 aliphatic heterocycles. The van der Waals surface area contributed by atoms with E-state index in [1.165, 1.54) is 0 Å². The molecule has 0 spiro atoms. The minimum atomic E-state index is -1.02. The number of carboxylic acids is 1. The van der Waals surface area contributed by atoms with Gasteiger partial charge in [-0.2, -0.15) is 0 Å². The normalized spacial score (nSPS) is 10.5. The van der Waals surface area contributed by atoms with Gasteiger partial charge in [0.05, 0.1) is 0 Å². The van der Waals surface area contributed by atoms with Crippen LogP contribution >= 0.6 is 0 Å². The first-order valence-corrected chi connectivity index (χ1v) is 5.94. The van der Waals surface area contributed by atoms with E-state index in [1.54, 1.807) is 49.7 Å². The van der Waals surface area contributed by atoms with Gasteiger partial charge in [-0.25, -0.2) is 4.79 Å². The monoisotopic (exact) mass is 257 g/mol. The second-order valence-electron chi connectivity index (χ2n) is 4.49. The van der Waals surface area contributed by atoms with E-state index < -0.39 is 5.97 Å². The van der Waals surface area contributed by atoms with Gasteiger partial charge in [0.2, 0.25) is 0 Å². The van der Waals surface area contributed by atoms with Crippen LogP contribution in [0.25, 0.3) is 0 Å². The van der Waals surface area contributed by atoms with Crippen molar-refractivity contribution in [2.45, 2.75) is 13.8 Å². The smallest absolute Gasteiger partial charge is 0.352 e. The zero-order valence-corrected chi connectivity index (χ0v) is 11.1. The fourth-order valence-electron chi connectivity index (χ4n) is 2.35. The van der Waals surface area contributed by atoms with Gasteiger partial charge in [0.1, 0.15) is 5.69 Å². The number of rotatable bonds is 3. The Hall–Kier alpha value is -2.36. The van der Waals surface area contributed by atoms with Crippen molar-refractivity contribution in [1.29, 1.82) is 0 Å². The number of hydrogen-bond donors (Lipinski definition) is 1. The van der Waals surface area contributed by atoms with Crippen LogP contribution in [0.1, 0.15) is 37.7 Å². The second kappa shape index (κ2) is 4.72. The third kappa shape index (κ3) is 2.05. The lowest BCUT2D eigenvalue weighted by Crippen LogP contribution is -2.06. The van der Waals surface area contributed by atoms with Gasteiger partial charge in [0.15, 0.2) is 5.78 Å². The Labute approximate surface area is 111 Å². The molecule has 1 heterocycles. The van der Waals surface area contributed by atoms with Crippen LogP contribution in [0.15, 0.2) is 30.3 Å². The number of aromatic carboxylic acids is 1. The molecule has 0 aliphatic carbocycles. The molecule has 0 bridgehead atoms. The summed E-state index contributed by atoms with van der Waals surface area (Å²) in [5.74, 6) is -1.16. The number of carbonyl (C=O) groups is 2. The van der Waals surface area contributed by atoms with Crippen molar-refractivity contribution in [1.82, 2.24) is 4.57 Å². The third-order valence-electron chi connectivity index (χ3n) is 3.40. The van der Waals surface area contributed by atoms with Crippen molar-refractivity contribution in [2.24, 2.45) is 7.05 Å². The van der Waals surface area contributed by atoms with Gasteiger partial charge < -0.3 is 9.67 Å². The fourth-order valence-corrected chi connectivity index (χ4v) is 2.35. The standard InChI is InChI=1S/C15H15NO3/c1-9-12(10(2)16(3)13(9)15(18)19)14(17)11-7-5-4-6-8-11/h4-8H,1-3H3,(H,18,19). The van der Waals surface area contributed by atoms with Gasteiger partial charge >= 0.3 is 5.97 Å². The van der Waals surface area contributed by atoms with Crippen LogP contribution in [0.3, 0.4) is 0 Å². The van der Waals surface area contributed by atoms with E-state index in [1.807, 2.05) is 6.07 Å². The number of benzene rings is 1. The Balaban J connectivity index is 2.62. The van der Waals surface area contributed by atoms with Crippen molar-refractivity contribution in [2.75, 3.05) is 0 Å². The van der Waals surface area contributed by atoms with E-state index in [2.05, 4.69) is 0 Å². The van der Waals surface area contributed by atoms with Crippen LogP contribution in [-0.4, -0.2) is 21.4 Å². The van der Waals surface area contributed by atoms with Crippen LogP contribution in [0.2, 0.25) is 0 Å². The van der Waals surface area contributed by atoms with Crippen LogP contribution in [0.4, 0.5) is 0 Å². The van der Waals surface area contributed by atoms with Crippen molar-refractivity contribution in [3.05, 3.63) is 58.4 Å². The largest absolute Gasteiger partial charge is 0.477 e. The molecule has 1 aromatic heterocycles. The van der Waals surface area contributed by atoms with E-state index >= 15 is 0 Å². The quantitative estimate of drug-likeness (QED) is 0.860. The Bertz CT molecular complexity index is 654. The highest BCUT2D eigenvalue weighted by Gasteiger charge is 2.24. The molecular formula is C15H15NO3. The molecule has 0 saturated carbocycles. The molecule has 0 atom stereocenters. The maximum Gasteiger partial charge on any atom is 0.352 e. The highest BCUT2D eigenvalue weighted by Crippen LogP contribution is 2.24. The number of aromatic nitrogens is 1. The first-order valence-electron chi connectivity index (χ1n) is 5.94. The summed E-state index contributed by atoms with van der Waals surface area (Å²) in [5.41, 5.74) is 2.39. The summed E-state index contributed by atoms with van der Waals surface area (Å²) in [5, 5.41) is 9.20. The summed E-state index contributed by atoms with van der Waals surface area (Å²) >= 11 is 0. The maximum absolute atomic E-state index is 12.5. The summed E-state index contributed by atoms with van der Waals surface area (Å²) in [6.45, 7) is 3.43. The predicted octanol–water partition coefficient (Wildman–Crippen LogP) is 2.57. The summed E-state index contributed by atoms with van der Waals surface area (Å²) in [4.78, 5) is 23.7. The fraction of sp³-hybridized carbons (Fsp3) is 0.200. The van der Waals surface area contributed by atoms with Crippen LogP contribution in [0, 0.1) is 13.8 Å². The summed E-state index contributed by atoms with van der Waals surface area (Å²) in [6, 6.07) is 8.88. The molecule has 1 aromatic carbocycles. The molecule has 2 rings (SSSR count).